The molecule has 1 unspecified atom stereocenters. The number of benzene rings is 1. The molecule has 1 aliphatic carbocycles. The number of halogens is 1. The van der Waals surface area contributed by atoms with Gasteiger partial charge in [-0.3, -0.25) is 4.79 Å². The minimum atomic E-state index is -1.07. The van der Waals surface area contributed by atoms with Crippen LogP contribution in [0.3, 0.4) is 0 Å². The predicted octanol–water partition coefficient (Wildman–Crippen LogP) is 5.47. The number of allylic oxidation sites excluding steroid dienone is 3. The highest BCUT2D eigenvalue weighted by molar-refractivity contribution is 5.66. The first-order valence-corrected chi connectivity index (χ1v) is 11.0. The average Bonchev–Trinajstić information content (AvgIpc) is 3.00. The number of aliphatic carboxylic acids is 1. The molecule has 0 radical (unpaired) electrons. The topological polar surface area (TPSA) is 77.8 Å². The Morgan fingerprint density at radius 3 is 2.57 bits per heavy atom. The fraction of sp³-hybridized carbons (Fsp3) is 0.560. The van der Waals surface area contributed by atoms with Crippen LogP contribution in [0.2, 0.25) is 0 Å². The van der Waals surface area contributed by atoms with Gasteiger partial charge < -0.3 is 15.3 Å². The Labute approximate surface area is 179 Å². The molecule has 0 aromatic heterocycles. The monoisotopic (exact) mass is 418 g/mol. The lowest BCUT2D eigenvalue weighted by Crippen LogP contribution is -2.18. The molecule has 1 aromatic carbocycles. The zero-order chi connectivity index (χ0) is 21.9. The van der Waals surface area contributed by atoms with Crippen LogP contribution in [-0.4, -0.2) is 33.6 Å². The molecule has 0 aliphatic heterocycles. The van der Waals surface area contributed by atoms with E-state index in [4.69, 9.17) is 5.11 Å². The smallest absolute Gasteiger partial charge is 0.303 e. The number of aliphatic hydroxyl groups excluding tert-OH is 2. The van der Waals surface area contributed by atoms with Crippen molar-refractivity contribution in [2.24, 2.45) is 5.92 Å². The van der Waals surface area contributed by atoms with Gasteiger partial charge in [0.25, 0.3) is 0 Å². The van der Waals surface area contributed by atoms with E-state index < -0.39 is 24.3 Å². The van der Waals surface area contributed by atoms with Crippen molar-refractivity contribution in [2.75, 3.05) is 0 Å². The lowest BCUT2D eigenvalue weighted by atomic mass is 9.84. The number of alkyl halides is 1. The van der Waals surface area contributed by atoms with E-state index in [-0.39, 0.29) is 24.7 Å². The van der Waals surface area contributed by atoms with Crippen LogP contribution in [0.4, 0.5) is 4.39 Å². The molecule has 0 bridgehead atoms. The fourth-order valence-corrected chi connectivity index (χ4v) is 4.30. The molecule has 1 aromatic rings. The summed E-state index contributed by atoms with van der Waals surface area (Å²) in [6, 6.07) is 7.56. The van der Waals surface area contributed by atoms with E-state index >= 15 is 0 Å². The number of hydrogen-bond acceptors (Lipinski definition) is 3. The van der Waals surface area contributed by atoms with Gasteiger partial charge in [-0.05, 0) is 49.7 Å². The molecule has 166 valence electrons. The second kappa shape index (κ2) is 12.7. The van der Waals surface area contributed by atoms with E-state index in [1.807, 2.05) is 42.5 Å². The summed E-state index contributed by atoms with van der Waals surface area (Å²) in [5.41, 5.74) is 1.74. The molecule has 5 atom stereocenters. The number of unbranched alkanes of at least 4 members (excludes halogenated alkanes) is 3. The van der Waals surface area contributed by atoms with Gasteiger partial charge in [0.05, 0.1) is 12.2 Å². The zero-order valence-corrected chi connectivity index (χ0v) is 17.6. The standard InChI is InChI=1S/C25H35FO4/c1-2-3-4-8-11-22(27)18-13-15-19(16-14-18)25-20(21(26)17-23(25)28)10-7-5-6-9-12-24(29)30/h2,5,7,13-16,20-23,25,27-28H,1,3-4,6,8-12,17H2,(H,29,30)/b7-5-/t20-,21+,22?,23+,25+/m0/s1. The third kappa shape index (κ3) is 7.37. The molecule has 5 heteroatoms. The molecule has 30 heavy (non-hydrogen) atoms. The molecular weight excluding hydrogens is 383 g/mol. The molecular formula is C25H35FO4. The zero-order valence-electron chi connectivity index (χ0n) is 17.6. The van der Waals surface area contributed by atoms with Crippen molar-refractivity contribution in [3.8, 4) is 0 Å². The Morgan fingerprint density at radius 1 is 1.17 bits per heavy atom. The van der Waals surface area contributed by atoms with Crippen LogP contribution in [0.15, 0.2) is 49.1 Å². The molecule has 0 heterocycles. The van der Waals surface area contributed by atoms with Gasteiger partial charge in [-0.2, -0.15) is 0 Å². The van der Waals surface area contributed by atoms with Crippen LogP contribution in [0, 0.1) is 5.92 Å². The first-order chi connectivity index (χ1) is 14.4. The molecule has 1 aliphatic rings. The van der Waals surface area contributed by atoms with Gasteiger partial charge in [0.1, 0.15) is 6.17 Å². The molecule has 4 nitrogen and oxygen atoms in total. The van der Waals surface area contributed by atoms with Gasteiger partial charge in [-0.1, -0.05) is 48.9 Å². The van der Waals surface area contributed by atoms with Crippen molar-refractivity contribution >= 4 is 5.97 Å². The molecule has 3 N–H and O–H groups in total. The number of carboxylic acids is 1. The lowest BCUT2D eigenvalue weighted by Gasteiger charge is -2.23. The minimum Gasteiger partial charge on any atom is -0.481 e. The van der Waals surface area contributed by atoms with Gasteiger partial charge in [-0.25, -0.2) is 4.39 Å². The average molecular weight is 419 g/mol. The summed E-state index contributed by atoms with van der Waals surface area (Å²) >= 11 is 0. The van der Waals surface area contributed by atoms with Crippen LogP contribution in [0.5, 0.6) is 0 Å². The second-order valence-electron chi connectivity index (χ2n) is 8.26. The summed E-state index contributed by atoms with van der Waals surface area (Å²) in [6.07, 6.45) is 8.99. The summed E-state index contributed by atoms with van der Waals surface area (Å²) in [4.78, 5) is 10.5. The number of carbonyl (C=O) groups is 1. The van der Waals surface area contributed by atoms with E-state index in [0.717, 1.165) is 30.4 Å². The lowest BCUT2D eigenvalue weighted by molar-refractivity contribution is -0.137. The maximum absolute atomic E-state index is 14.5. The van der Waals surface area contributed by atoms with Crippen molar-refractivity contribution in [3.63, 3.8) is 0 Å². The van der Waals surface area contributed by atoms with Crippen molar-refractivity contribution in [1.29, 1.82) is 0 Å². The Hall–Kier alpha value is -1.98. The minimum absolute atomic E-state index is 0.132. The van der Waals surface area contributed by atoms with Gasteiger partial charge in [0.2, 0.25) is 0 Å². The molecule has 1 fully saturated rings. The Balaban J connectivity index is 1.94. The quantitative estimate of drug-likeness (QED) is 0.293. The molecule has 0 spiro atoms. The van der Waals surface area contributed by atoms with Crippen molar-refractivity contribution in [1.82, 2.24) is 0 Å². The normalized spacial score (nSPS) is 24.9. The maximum Gasteiger partial charge on any atom is 0.303 e. The number of hydrogen-bond donors (Lipinski definition) is 3. The number of carboxylic acid groups (broad SMARTS) is 1. The van der Waals surface area contributed by atoms with Gasteiger partial charge in [-0.15, -0.1) is 6.58 Å². The largest absolute Gasteiger partial charge is 0.481 e. The Morgan fingerprint density at radius 2 is 1.90 bits per heavy atom. The summed E-state index contributed by atoms with van der Waals surface area (Å²) < 4.78 is 14.5. The third-order valence-electron chi connectivity index (χ3n) is 5.99. The Kier molecular flexibility index (Phi) is 10.2. The van der Waals surface area contributed by atoms with Crippen molar-refractivity contribution in [3.05, 3.63) is 60.2 Å². The van der Waals surface area contributed by atoms with Crippen LogP contribution < -0.4 is 0 Å². The molecule has 0 saturated heterocycles. The van der Waals surface area contributed by atoms with E-state index in [1.165, 1.54) is 0 Å². The first-order valence-electron chi connectivity index (χ1n) is 11.0. The van der Waals surface area contributed by atoms with Gasteiger partial charge in [0.15, 0.2) is 0 Å². The third-order valence-corrected chi connectivity index (χ3v) is 5.99. The van der Waals surface area contributed by atoms with E-state index in [2.05, 4.69) is 6.58 Å². The van der Waals surface area contributed by atoms with Gasteiger partial charge >= 0.3 is 5.97 Å². The highest BCUT2D eigenvalue weighted by atomic mass is 19.1. The summed E-state index contributed by atoms with van der Waals surface area (Å²) in [7, 11) is 0. The van der Waals surface area contributed by atoms with Crippen LogP contribution in [-0.2, 0) is 4.79 Å². The van der Waals surface area contributed by atoms with Gasteiger partial charge in [0, 0.05) is 24.7 Å². The fourth-order valence-electron chi connectivity index (χ4n) is 4.30. The predicted molar refractivity (Wildman–Crippen MR) is 117 cm³/mol. The highest BCUT2D eigenvalue weighted by Crippen LogP contribution is 2.44. The van der Waals surface area contributed by atoms with Crippen LogP contribution >= 0.6 is 0 Å². The molecule has 2 rings (SSSR count). The number of rotatable bonds is 13. The molecule has 1 saturated carbocycles. The summed E-state index contributed by atoms with van der Waals surface area (Å²) in [5.74, 6) is -1.38. The second-order valence-corrected chi connectivity index (χ2v) is 8.26. The first kappa shape index (κ1) is 24.3. The van der Waals surface area contributed by atoms with E-state index in [0.29, 0.717) is 25.7 Å². The van der Waals surface area contributed by atoms with Crippen molar-refractivity contribution < 1.29 is 24.5 Å². The van der Waals surface area contributed by atoms with Crippen LogP contribution in [0.1, 0.15) is 80.9 Å². The Bertz CT molecular complexity index is 685. The summed E-state index contributed by atoms with van der Waals surface area (Å²) in [5, 5.41) is 29.5. The van der Waals surface area contributed by atoms with Crippen molar-refractivity contribution in [2.45, 2.75) is 82.1 Å². The summed E-state index contributed by atoms with van der Waals surface area (Å²) in [6.45, 7) is 3.70. The van der Waals surface area contributed by atoms with Crippen LogP contribution in [0.25, 0.3) is 0 Å². The maximum atomic E-state index is 14.5. The molecule has 0 amide bonds. The SMILES string of the molecule is C=CCCCCC(O)c1ccc([C@@H]2[C@@H](C/C=C\CCCC(=O)O)[C@H](F)C[C@H]2O)cc1. The van der Waals surface area contributed by atoms with E-state index in [1.54, 1.807) is 0 Å². The van der Waals surface area contributed by atoms with E-state index in [9.17, 15) is 19.4 Å². The number of aliphatic hydroxyl groups is 2. The highest BCUT2D eigenvalue weighted by Gasteiger charge is 2.42.